The molecule has 0 saturated heterocycles. The summed E-state index contributed by atoms with van der Waals surface area (Å²) in [5, 5.41) is 4.16. The van der Waals surface area contributed by atoms with Crippen LogP contribution in [0.25, 0.3) is 10.2 Å². The van der Waals surface area contributed by atoms with Gasteiger partial charge in [-0.25, -0.2) is 4.98 Å². The van der Waals surface area contributed by atoms with Crippen LogP contribution < -0.4 is 5.32 Å². The molecule has 0 unspecified atom stereocenters. The summed E-state index contributed by atoms with van der Waals surface area (Å²) in [7, 11) is 3.81. The molecule has 0 saturated carbocycles. The average Bonchev–Trinajstić information content (AvgIpc) is 2.99. The highest BCUT2D eigenvalue weighted by molar-refractivity contribution is 7.18. The lowest BCUT2D eigenvalue weighted by Crippen LogP contribution is -2.44. The van der Waals surface area contributed by atoms with E-state index in [0.717, 1.165) is 42.9 Å². The number of carbonyl (C=O) groups excluding carboxylic acids is 1. The van der Waals surface area contributed by atoms with Gasteiger partial charge in [0.2, 0.25) is 5.91 Å². The van der Waals surface area contributed by atoms with E-state index in [1.165, 1.54) is 4.70 Å². The van der Waals surface area contributed by atoms with Gasteiger partial charge in [0, 0.05) is 26.6 Å². The summed E-state index contributed by atoms with van der Waals surface area (Å²) in [6.07, 6.45) is 2.40. The van der Waals surface area contributed by atoms with Gasteiger partial charge in [0.25, 0.3) is 0 Å². The van der Waals surface area contributed by atoms with Gasteiger partial charge in [-0.3, -0.25) is 4.79 Å². The van der Waals surface area contributed by atoms with Crippen LogP contribution in [0.5, 0.6) is 0 Å². The van der Waals surface area contributed by atoms with Crippen LogP contribution in [0.1, 0.15) is 31.7 Å². The zero-order valence-corrected chi connectivity index (χ0v) is 17.8. The Labute approximate surface area is 167 Å². The van der Waals surface area contributed by atoms with Crippen molar-refractivity contribution in [2.45, 2.75) is 33.1 Å². The standard InChI is InChI=1S/C18H27N3OS.2ClH/c1-5-18(6-2,17(22)21(4)12-11-19-3)13-16-20-14-9-7-8-10-15(14)23-16;;/h7-10,19H,5-6,11-13H2,1-4H3;2*1H. The number of amides is 1. The molecule has 1 N–H and O–H groups in total. The molecule has 1 amide bonds. The molecule has 0 radical (unpaired) electrons. The summed E-state index contributed by atoms with van der Waals surface area (Å²) < 4.78 is 1.19. The molecule has 0 bridgehead atoms. The van der Waals surface area contributed by atoms with Crippen LogP contribution in [0.15, 0.2) is 24.3 Å². The average molecular weight is 406 g/mol. The predicted octanol–water partition coefficient (Wildman–Crippen LogP) is 4.17. The second kappa shape index (κ2) is 11.0. The highest BCUT2D eigenvalue weighted by Gasteiger charge is 2.37. The first-order valence-corrected chi connectivity index (χ1v) is 9.12. The van der Waals surface area contributed by atoms with Crippen molar-refractivity contribution >= 4 is 52.3 Å². The minimum atomic E-state index is -0.351. The van der Waals surface area contributed by atoms with Crippen LogP contribution in [0.4, 0.5) is 0 Å². The van der Waals surface area contributed by atoms with E-state index in [9.17, 15) is 4.79 Å². The van der Waals surface area contributed by atoms with E-state index >= 15 is 0 Å². The van der Waals surface area contributed by atoms with E-state index in [1.54, 1.807) is 11.3 Å². The number of likely N-dealkylation sites (N-methyl/N-ethyl adjacent to an activating group) is 2. The molecule has 7 heteroatoms. The fourth-order valence-electron chi connectivity index (χ4n) is 2.95. The highest BCUT2D eigenvalue weighted by Crippen LogP contribution is 2.35. The van der Waals surface area contributed by atoms with Crippen molar-refractivity contribution in [1.29, 1.82) is 0 Å². The first-order valence-electron chi connectivity index (χ1n) is 8.31. The predicted molar refractivity (Wildman–Crippen MR) is 112 cm³/mol. The smallest absolute Gasteiger partial charge is 0.228 e. The molecule has 0 aliphatic rings. The van der Waals surface area contributed by atoms with Gasteiger partial charge in [-0.2, -0.15) is 0 Å². The molecule has 4 nitrogen and oxygen atoms in total. The molecule has 2 rings (SSSR count). The van der Waals surface area contributed by atoms with Crippen LogP contribution in [0.2, 0.25) is 0 Å². The molecule has 1 aromatic heterocycles. The first kappa shape index (κ1) is 24.1. The Balaban J connectivity index is 0.00000288. The Morgan fingerprint density at radius 2 is 1.88 bits per heavy atom. The minimum Gasteiger partial charge on any atom is -0.344 e. The molecule has 142 valence electrons. The summed E-state index contributed by atoms with van der Waals surface area (Å²) in [6, 6.07) is 8.18. The number of rotatable bonds is 8. The molecule has 25 heavy (non-hydrogen) atoms. The van der Waals surface area contributed by atoms with E-state index < -0.39 is 0 Å². The number of benzene rings is 1. The Hall–Kier alpha value is -0.880. The number of hydrogen-bond donors (Lipinski definition) is 1. The van der Waals surface area contributed by atoms with Crippen molar-refractivity contribution in [3.05, 3.63) is 29.3 Å². The summed E-state index contributed by atoms with van der Waals surface area (Å²) in [4.78, 5) is 19.6. The third-order valence-electron chi connectivity index (χ3n) is 4.68. The van der Waals surface area contributed by atoms with Crippen molar-refractivity contribution in [1.82, 2.24) is 15.2 Å². The van der Waals surface area contributed by atoms with Crippen LogP contribution in [0.3, 0.4) is 0 Å². The van der Waals surface area contributed by atoms with Gasteiger partial charge >= 0.3 is 0 Å². The maximum absolute atomic E-state index is 13.0. The maximum Gasteiger partial charge on any atom is 0.228 e. The van der Waals surface area contributed by atoms with Crippen molar-refractivity contribution in [3.63, 3.8) is 0 Å². The van der Waals surface area contributed by atoms with Crippen LogP contribution in [-0.4, -0.2) is 43.0 Å². The van der Waals surface area contributed by atoms with Gasteiger partial charge in [0.05, 0.1) is 20.6 Å². The van der Waals surface area contributed by atoms with Gasteiger partial charge in [-0.15, -0.1) is 36.2 Å². The second-order valence-corrected chi connectivity index (χ2v) is 7.19. The van der Waals surface area contributed by atoms with Crippen molar-refractivity contribution in [2.24, 2.45) is 5.41 Å². The molecule has 0 aliphatic carbocycles. The molecule has 0 fully saturated rings. The lowest BCUT2D eigenvalue weighted by atomic mass is 9.78. The fraction of sp³-hybridized carbons (Fsp3) is 0.556. The molecule has 1 aromatic carbocycles. The number of aromatic nitrogens is 1. The first-order chi connectivity index (χ1) is 11.1. The molecule has 0 atom stereocenters. The summed E-state index contributed by atoms with van der Waals surface area (Å²) in [5.41, 5.74) is 0.681. The van der Waals surface area contributed by atoms with E-state index in [0.29, 0.717) is 0 Å². The van der Waals surface area contributed by atoms with Gasteiger partial charge in [-0.05, 0) is 32.0 Å². The minimum absolute atomic E-state index is 0. The topological polar surface area (TPSA) is 45.2 Å². The third kappa shape index (κ3) is 5.55. The Kier molecular flexibility index (Phi) is 10.6. The maximum atomic E-state index is 13.0. The summed E-state index contributed by atoms with van der Waals surface area (Å²) in [6.45, 7) is 5.77. The second-order valence-electron chi connectivity index (χ2n) is 6.07. The van der Waals surface area contributed by atoms with Crippen LogP contribution in [0, 0.1) is 5.41 Å². The van der Waals surface area contributed by atoms with Crippen molar-refractivity contribution < 1.29 is 4.79 Å². The SMILES string of the molecule is CCC(CC)(Cc1nc2ccccc2s1)C(=O)N(C)CCNC.Cl.Cl. The van der Waals surface area contributed by atoms with Gasteiger partial charge in [0.1, 0.15) is 0 Å². The van der Waals surface area contributed by atoms with E-state index in [1.807, 2.05) is 37.2 Å². The number of hydrogen-bond acceptors (Lipinski definition) is 4. The Morgan fingerprint density at radius 1 is 1.24 bits per heavy atom. The zero-order chi connectivity index (χ0) is 16.9. The molecule has 0 aliphatic heterocycles. The molecule has 0 spiro atoms. The lowest BCUT2D eigenvalue weighted by molar-refractivity contribution is -0.141. The van der Waals surface area contributed by atoms with Gasteiger partial charge in [-0.1, -0.05) is 26.0 Å². The summed E-state index contributed by atoms with van der Waals surface area (Å²) in [5.74, 6) is 0.233. The monoisotopic (exact) mass is 405 g/mol. The zero-order valence-electron chi connectivity index (χ0n) is 15.4. The van der Waals surface area contributed by atoms with Crippen LogP contribution >= 0.6 is 36.2 Å². The van der Waals surface area contributed by atoms with E-state index in [4.69, 9.17) is 4.98 Å². The molecular formula is C18H29Cl2N3OS. The van der Waals surface area contributed by atoms with Gasteiger partial charge in [0.15, 0.2) is 0 Å². The molecular weight excluding hydrogens is 377 g/mol. The fourth-order valence-corrected chi connectivity index (χ4v) is 4.06. The van der Waals surface area contributed by atoms with Crippen molar-refractivity contribution in [3.8, 4) is 0 Å². The van der Waals surface area contributed by atoms with E-state index in [2.05, 4.69) is 25.2 Å². The quantitative estimate of drug-likeness (QED) is 0.716. The summed E-state index contributed by atoms with van der Waals surface area (Å²) >= 11 is 1.71. The van der Waals surface area contributed by atoms with Gasteiger partial charge < -0.3 is 10.2 Å². The Morgan fingerprint density at radius 3 is 2.44 bits per heavy atom. The number of carbonyl (C=O) groups is 1. The van der Waals surface area contributed by atoms with E-state index in [-0.39, 0.29) is 36.1 Å². The normalized spacial score (nSPS) is 10.9. The Bertz CT molecular complexity index is 626. The highest BCUT2D eigenvalue weighted by atomic mass is 35.5. The number of nitrogens with one attached hydrogen (secondary N) is 1. The lowest BCUT2D eigenvalue weighted by Gasteiger charge is -2.34. The number of nitrogens with zero attached hydrogens (tertiary/aromatic N) is 2. The van der Waals surface area contributed by atoms with Crippen molar-refractivity contribution in [2.75, 3.05) is 27.2 Å². The van der Waals surface area contributed by atoms with Crippen LogP contribution in [-0.2, 0) is 11.2 Å². The number of halogens is 2. The number of fused-ring (bicyclic) bond motifs is 1. The third-order valence-corrected chi connectivity index (χ3v) is 5.72. The number of para-hydroxylation sites is 1. The molecule has 2 aromatic rings. The molecule has 1 heterocycles. The number of thiazole rings is 1. The largest absolute Gasteiger partial charge is 0.344 e.